The van der Waals surface area contributed by atoms with Crippen LogP contribution in [0.5, 0.6) is 5.75 Å². The van der Waals surface area contributed by atoms with Crippen LogP contribution >= 0.6 is 23.2 Å². The molecule has 0 atom stereocenters. The van der Waals surface area contributed by atoms with Crippen molar-refractivity contribution in [2.24, 2.45) is 5.73 Å². The molecule has 0 bridgehead atoms. The number of aryl methyl sites for hydroxylation is 1. The zero-order valence-electron chi connectivity index (χ0n) is 14.2. The summed E-state index contributed by atoms with van der Waals surface area (Å²) in [5, 5.41) is 2.29. The fourth-order valence-corrected chi connectivity index (χ4v) is 3.51. The minimum absolute atomic E-state index is 0.556. The zero-order valence-corrected chi connectivity index (χ0v) is 15.8. The fraction of sp³-hybridized carbons (Fsp3) is 0.300. The molecule has 3 nitrogen and oxygen atoms in total. The molecule has 25 heavy (non-hydrogen) atoms. The van der Waals surface area contributed by atoms with E-state index in [1.54, 1.807) is 6.07 Å². The number of hydrogen-bond acceptors (Lipinski definition) is 2. The van der Waals surface area contributed by atoms with E-state index in [9.17, 15) is 0 Å². The van der Waals surface area contributed by atoms with Crippen molar-refractivity contribution in [2.75, 3.05) is 13.2 Å². The monoisotopic (exact) mass is 376 g/mol. The van der Waals surface area contributed by atoms with Gasteiger partial charge in [-0.05, 0) is 62.6 Å². The number of benzene rings is 2. The topological polar surface area (TPSA) is 51.0 Å². The zero-order chi connectivity index (χ0) is 17.8. The van der Waals surface area contributed by atoms with E-state index < -0.39 is 0 Å². The quantitative estimate of drug-likeness (QED) is 0.510. The van der Waals surface area contributed by atoms with Crippen LogP contribution in [0.25, 0.3) is 22.2 Å². The maximum atomic E-state index is 6.47. The Morgan fingerprint density at radius 3 is 2.72 bits per heavy atom. The summed E-state index contributed by atoms with van der Waals surface area (Å²) in [6.45, 7) is 3.33. The van der Waals surface area contributed by atoms with Crippen LogP contribution in [0.2, 0.25) is 10.0 Å². The molecule has 0 fully saturated rings. The van der Waals surface area contributed by atoms with Crippen LogP contribution in [0.15, 0.2) is 36.4 Å². The lowest BCUT2D eigenvalue weighted by Gasteiger charge is -2.08. The van der Waals surface area contributed by atoms with E-state index in [4.69, 9.17) is 33.7 Å². The van der Waals surface area contributed by atoms with Crippen molar-refractivity contribution in [3.05, 3.63) is 52.0 Å². The van der Waals surface area contributed by atoms with E-state index in [2.05, 4.69) is 17.1 Å². The van der Waals surface area contributed by atoms with Crippen molar-refractivity contribution in [3.8, 4) is 17.0 Å². The average Bonchev–Trinajstić information content (AvgIpc) is 2.96. The Hall–Kier alpha value is -1.68. The molecule has 0 aliphatic heterocycles. The Kier molecular flexibility index (Phi) is 5.89. The highest BCUT2D eigenvalue weighted by Gasteiger charge is 2.17. The molecule has 0 saturated heterocycles. The van der Waals surface area contributed by atoms with E-state index >= 15 is 0 Å². The molecule has 0 aliphatic carbocycles. The van der Waals surface area contributed by atoms with Crippen LogP contribution in [0.4, 0.5) is 0 Å². The highest BCUT2D eigenvalue weighted by Crippen LogP contribution is 2.39. The number of hydrogen-bond donors (Lipinski definition) is 2. The van der Waals surface area contributed by atoms with Gasteiger partial charge in [-0.1, -0.05) is 35.3 Å². The molecule has 3 rings (SSSR count). The summed E-state index contributed by atoms with van der Waals surface area (Å²) in [4.78, 5) is 3.51. The lowest BCUT2D eigenvalue weighted by Crippen LogP contribution is -1.99. The summed E-state index contributed by atoms with van der Waals surface area (Å²) in [6, 6.07) is 11.8. The van der Waals surface area contributed by atoms with Gasteiger partial charge in [0.2, 0.25) is 0 Å². The number of H-pyrrole nitrogens is 1. The van der Waals surface area contributed by atoms with E-state index in [1.165, 1.54) is 5.56 Å². The van der Waals surface area contributed by atoms with Crippen LogP contribution < -0.4 is 10.5 Å². The highest BCUT2D eigenvalue weighted by atomic mass is 35.5. The number of rotatable bonds is 7. The van der Waals surface area contributed by atoms with Gasteiger partial charge in [0.1, 0.15) is 5.75 Å². The van der Waals surface area contributed by atoms with Gasteiger partial charge < -0.3 is 15.5 Å². The number of nitrogens with one attached hydrogen (secondary N) is 1. The van der Waals surface area contributed by atoms with Gasteiger partial charge in [0.25, 0.3) is 0 Å². The smallest absolute Gasteiger partial charge is 0.120 e. The molecule has 0 radical (unpaired) electrons. The van der Waals surface area contributed by atoms with Gasteiger partial charge in [-0.3, -0.25) is 0 Å². The SMILES string of the molecule is CCOc1ccc2[nH]c(-c3cccc(Cl)c3Cl)c(CCCCN)c2c1. The summed E-state index contributed by atoms with van der Waals surface area (Å²) >= 11 is 12.7. The van der Waals surface area contributed by atoms with E-state index in [0.29, 0.717) is 23.2 Å². The van der Waals surface area contributed by atoms with Gasteiger partial charge in [-0.2, -0.15) is 0 Å². The van der Waals surface area contributed by atoms with Crippen LogP contribution in [0, 0.1) is 0 Å². The Morgan fingerprint density at radius 2 is 1.96 bits per heavy atom. The summed E-state index contributed by atoms with van der Waals surface area (Å²) in [5.41, 5.74) is 9.91. The largest absolute Gasteiger partial charge is 0.494 e. The molecular weight excluding hydrogens is 355 g/mol. The van der Waals surface area contributed by atoms with Crippen LogP contribution in [-0.2, 0) is 6.42 Å². The Morgan fingerprint density at radius 1 is 1.12 bits per heavy atom. The Bertz CT molecular complexity index is 874. The molecule has 0 spiro atoms. The molecule has 0 amide bonds. The van der Waals surface area contributed by atoms with Gasteiger partial charge in [-0.25, -0.2) is 0 Å². The molecule has 0 aliphatic rings. The van der Waals surface area contributed by atoms with Crippen molar-refractivity contribution < 1.29 is 4.74 Å². The molecular formula is C20H22Cl2N2O. The second-order valence-electron chi connectivity index (χ2n) is 5.97. The lowest BCUT2D eigenvalue weighted by molar-refractivity contribution is 0.340. The Balaban J connectivity index is 2.15. The van der Waals surface area contributed by atoms with E-state index in [1.807, 2.05) is 25.1 Å². The normalized spacial score (nSPS) is 11.2. The maximum absolute atomic E-state index is 6.47. The third-order valence-electron chi connectivity index (χ3n) is 4.29. The van der Waals surface area contributed by atoms with Crippen molar-refractivity contribution in [2.45, 2.75) is 26.2 Å². The van der Waals surface area contributed by atoms with Crippen LogP contribution in [0.3, 0.4) is 0 Å². The van der Waals surface area contributed by atoms with Crippen molar-refractivity contribution >= 4 is 34.1 Å². The molecule has 0 saturated carbocycles. The lowest BCUT2D eigenvalue weighted by atomic mass is 10.00. The van der Waals surface area contributed by atoms with Crippen LogP contribution in [-0.4, -0.2) is 18.1 Å². The first-order valence-corrected chi connectivity index (χ1v) is 9.33. The van der Waals surface area contributed by atoms with Gasteiger partial charge in [-0.15, -0.1) is 0 Å². The molecule has 3 N–H and O–H groups in total. The predicted octanol–water partition coefficient (Wildman–Crippen LogP) is 5.82. The third kappa shape index (κ3) is 3.79. The number of halogens is 2. The van der Waals surface area contributed by atoms with Gasteiger partial charge in [0, 0.05) is 16.5 Å². The third-order valence-corrected chi connectivity index (χ3v) is 5.11. The van der Waals surface area contributed by atoms with E-state index in [-0.39, 0.29) is 0 Å². The number of aromatic amines is 1. The maximum Gasteiger partial charge on any atom is 0.120 e. The highest BCUT2D eigenvalue weighted by molar-refractivity contribution is 6.43. The Labute approximate surface area is 158 Å². The molecule has 3 aromatic rings. The summed E-state index contributed by atoms with van der Waals surface area (Å²) in [6.07, 6.45) is 2.93. The average molecular weight is 377 g/mol. The summed E-state index contributed by atoms with van der Waals surface area (Å²) < 4.78 is 5.67. The number of nitrogens with two attached hydrogens (primary N) is 1. The van der Waals surface area contributed by atoms with Crippen molar-refractivity contribution in [1.29, 1.82) is 0 Å². The number of fused-ring (bicyclic) bond motifs is 1. The summed E-state index contributed by atoms with van der Waals surface area (Å²) in [5.74, 6) is 0.873. The molecule has 1 aromatic heterocycles. The number of ether oxygens (including phenoxy) is 1. The second-order valence-corrected chi connectivity index (χ2v) is 6.75. The van der Waals surface area contributed by atoms with Gasteiger partial charge in [0.05, 0.1) is 22.3 Å². The summed E-state index contributed by atoms with van der Waals surface area (Å²) in [7, 11) is 0. The minimum atomic E-state index is 0.556. The molecule has 2 aromatic carbocycles. The number of unbranched alkanes of at least 4 members (excludes halogenated alkanes) is 1. The molecule has 132 valence electrons. The van der Waals surface area contributed by atoms with E-state index in [0.717, 1.165) is 47.2 Å². The molecule has 5 heteroatoms. The molecule has 1 heterocycles. The van der Waals surface area contributed by atoms with Crippen molar-refractivity contribution in [3.63, 3.8) is 0 Å². The number of aromatic nitrogens is 1. The first kappa shape index (κ1) is 18.1. The van der Waals surface area contributed by atoms with Gasteiger partial charge in [0.15, 0.2) is 0 Å². The first-order valence-electron chi connectivity index (χ1n) is 8.57. The molecule has 0 unspecified atom stereocenters. The first-order chi connectivity index (χ1) is 12.2. The van der Waals surface area contributed by atoms with Gasteiger partial charge >= 0.3 is 0 Å². The van der Waals surface area contributed by atoms with Crippen molar-refractivity contribution in [1.82, 2.24) is 4.98 Å². The standard InChI is InChI=1S/C20H22Cl2N2O/c1-2-25-13-9-10-18-16(12-13)14(6-3-4-11-23)20(24-18)15-7-5-8-17(21)19(15)22/h5,7-10,12,24H,2-4,6,11,23H2,1H3. The fourth-order valence-electron chi connectivity index (χ4n) is 3.12. The minimum Gasteiger partial charge on any atom is -0.494 e. The second kappa shape index (κ2) is 8.13. The predicted molar refractivity (Wildman–Crippen MR) is 107 cm³/mol. The van der Waals surface area contributed by atoms with Crippen LogP contribution in [0.1, 0.15) is 25.3 Å².